The highest BCUT2D eigenvalue weighted by Crippen LogP contribution is 2.31. The Hall–Kier alpha value is -3.12. The van der Waals surface area contributed by atoms with Crippen LogP contribution in [0.3, 0.4) is 0 Å². The SMILES string of the molecule is Cc1cc(C)cc(N2C(=O)C(Cl)=C(Nc3ccc(C(=O)N4CCCC(C)C4)cc3)C2=O)c1. The van der Waals surface area contributed by atoms with Gasteiger partial charge in [-0.2, -0.15) is 0 Å². The van der Waals surface area contributed by atoms with Gasteiger partial charge in [-0.25, -0.2) is 4.90 Å². The minimum atomic E-state index is -0.560. The number of nitrogens with one attached hydrogen (secondary N) is 1. The largest absolute Gasteiger partial charge is 0.350 e. The lowest BCUT2D eigenvalue weighted by atomic mass is 9.99. The maximum Gasteiger partial charge on any atom is 0.283 e. The van der Waals surface area contributed by atoms with E-state index in [1.165, 1.54) is 0 Å². The molecule has 1 atom stereocenters. The number of anilines is 2. The molecule has 0 radical (unpaired) electrons. The van der Waals surface area contributed by atoms with Crippen LogP contribution in [0.2, 0.25) is 0 Å². The molecule has 2 aromatic carbocycles. The Morgan fingerprint density at radius 1 is 1.03 bits per heavy atom. The van der Waals surface area contributed by atoms with Crippen LogP contribution >= 0.6 is 11.6 Å². The molecule has 2 aromatic rings. The quantitative estimate of drug-likeness (QED) is 0.689. The van der Waals surface area contributed by atoms with Crippen molar-refractivity contribution in [3.8, 4) is 0 Å². The number of hydrogen-bond acceptors (Lipinski definition) is 4. The molecular formula is C25H26ClN3O3. The summed E-state index contributed by atoms with van der Waals surface area (Å²) in [7, 11) is 0. The van der Waals surface area contributed by atoms with Crippen molar-refractivity contribution < 1.29 is 14.4 Å². The topological polar surface area (TPSA) is 69.7 Å². The summed E-state index contributed by atoms with van der Waals surface area (Å²) < 4.78 is 0. The van der Waals surface area contributed by atoms with Crippen molar-refractivity contribution in [3.63, 3.8) is 0 Å². The Morgan fingerprint density at radius 2 is 1.69 bits per heavy atom. The summed E-state index contributed by atoms with van der Waals surface area (Å²) in [5.74, 6) is -0.551. The maximum atomic E-state index is 13.0. The number of aryl methyl sites for hydroxylation is 2. The molecular weight excluding hydrogens is 426 g/mol. The van der Waals surface area contributed by atoms with Gasteiger partial charge in [-0.1, -0.05) is 24.6 Å². The van der Waals surface area contributed by atoms with Gasteiger partial charge in [-0.15, -0.1) is 0 Å². The molecule has 0 bridgehead atoms. The summed E-state index contributed by atoms with van der Waals surface area (Å²) in [6, 6.07) is 12.4. The normalized spacial score (nSPS) is 19.1. The van der Waals surface area contributed by atoms with E-state index in [1.807, 2.05) is 24.8 Å². The van der Waals surface area contributed by atoms with Crippen molar-refractivity contribution >= 4 is 40.7 Å². The Labute approximate surface area is 192 Å². The standard InChI is InChI=1S/C25H26ClN3O3/c1-15-5-4-10-28(14-15)23(30)18-6-8-19(9-7-18)27-22-21(26)24(31)29(25(22)32)20-12-16(2)11-17(3)13-20/h6-9,11-13,15,27H,4-5,10,14H2,1-3H3. The van der Waals surface area contributed by atoms with Crippen LogP contribution in [0.15, 0.2) is 53.2 Å². The summed E-state index contributed by atoms with van der Waals surface area (Å²) in [4.78, 5) is 41.5. The van der Waals surface area contributed by atoms with Gasteiger partial charge in [0.2, 0.25) is 0 Å². The van der Waals surface area contributed by atoms with Crippen LogP contribution in [0.4, 0.5) is 11.4 Å². The average Bonchev–Trinajstić information content (AvgIpc) is 2.96. The molecule has 0 aromatic heterocycles. The molecule has 0 saturated carbocycles. The van der Waals surface area contributed by atoms with E-state index in [4.69, 9.17) is 11.6 Å². The lowest BCUT2D eigenvalue weighted by Gasteiger charge is -2.31. The second-order valence-corrected chi connectivity index (χ2v) is 9.06. The van der Waals surface area contributed by atoms with Crippen molar-refractivity contribution in [2.75, 3.05) is 23.3 Å². The molecule has 7 heteroatoms. The smallest absolute Gasteiger partial charge is 0.283 e. The number of hydrogen-bond donors (Lipinski definition) is 1. The molecule has 166 valence electrons. The minimum absolute atomic E-state index is 0.00783. The van der Waals surface area contributed by atoms with Crippen LogP contribution < -0.4 is 10.2 Å². The number of halogens is 1. The molecule has 2 aliphatic heterocycles. The lowest BCUT2D eigenvalue weighted by molar-refractivity contribution is -0.120. The Morgan fingerprint density at radius 3 is 2.31 bits per heavy atom. The molecule has 1 unspecified atom stereocenters. The molecule has 1 fully saturated rings. The predicted molar refractivity (Wildman–Crippen MR) is 126 cm³/mol. The maximum absolute atomic E-state index is 13.0. The van der Waals surface area contributed by atoms with Gasteiger partial charge in [-0.3, -0.25) is 14.4 Å². The number of likely N-dealkylation sites (tertiary alicyclic amines) is 1. The van der Waals surface area contributed by atoms with E-state index in [1.54, 1.807) is 36.4 Å². The Kier molecular flexibility index (Phi) is 6.07. The highest BCUT2D eigenvalue weighted by atomic mass is 35.5. The second kappa shape index (κ2) is 8.79. The van der Waals surface area contributed by atoms with Gasteiger partial charge in [0.15, 0.2) is 0 Å². The Balaban J connectivity index is 1.50. The number of carbonyl (C=O) groups is 3. The summed E-state index contributed by atoms with van der Waals surface area (Å²) in [5.41, 5.74) is 3.58. The highest BCUT2D eigenvalue weighted by Gasteiger charge is 2.39. The van der Waals surface area contributed by atoms with Gasteiger partial charge in [0.05, 0.1) is 5.69 Å². The highest BCUT2D eigenvalue weighted by molar-refractivity contribution is 6.53. The number of imide groups is 1. The average molecular weight is 452 g/mol. The van der Waals surface area contributed by atoms with Gasteiger partial charge in [0.25, 0.3) is 17.7 Å². The third kappa shape index (κ3) is 4.28. The second-order valence-electron chi connectivity index (χ2n) is 8.68. The van der Waals surface area contributed by atoms with Crippen molar-refractivity contribution in [2.45, 2.75) is 33.6 Å². The lowest BCUT2D eigenvalue weighted by Crippen LogP contribution is -2.39. The molecule has 1 N–H and O–H groups in total. The third-order valence-electron chi connectivity index (χ3n) is 5.84. The van der Waals surface area contributed by atoms with Crippen molar-refractivity contribution in [1.29, 1.82) is 0 Å². The van der Waals surface area contributed by atoms with Crippen LogP contribution in [0.1, 0.15) is 41.3 Å². The van der Waals surface area contributed by atoms with Crippen molar-refractivity contribution in [1.82, 2.24) is 4.90 Å². The molecule has 6 nitrogen and oxygen atoms in total. The fourth-order valence-electron chi connectivity index (χ4n) is 4.32. The molecule has 2 heterocycles. The molecule has 2 aliphatic rings. The number of carbonyl (C=O) groups excluding carboxylic acids is 3. The fourth-order valence-corrected chi connectivity index (χ4v) is 4.54. The summed E-state index contributed by atoms with van der Waals surface area (Å²) in [6.45, 7) is 7.51. The zero-order valence-corrected chi connectivity index (χ0v) is 19.2. The molecule has 4 rings (SSSR count). The molecule has 0 aliphatic carbocycles. The van der Waals surface area contributed by atoms with Crippen LogP contribution in [-0.4, -0.2) is 35.7 Å². The zero-order chi connectivity index (χ0) is 23.0. The first kappa shape index (κ1) is 22.1. The van der Waals surface area contributed by atoms with Crippen molar-refractivity contribution in [3.05, 3.63) is 69.9 Å². The van der Waals surface area contributed by atoms with Gasteiger partial charge in [0.1, 0.15) is 10.7 Å². The third-order valence-corrected chi connectivity index (χ3v) is 6.19. The van der Waals surface area contributed by atoms with Crippen LogP contribution in [0.25, 0.3) is 0 Å². The first-order chi connectivity index (χ1) is 15.2. The predicted octanol–water partition coefficient (Wildman–Crippen LogP) is 4.61. The van der Waals surface area contributed by atoms with E-state index in [2.05, 4.69) is 12.2 Å². The number of amides is 3. The molecule has 32 heavy (non-hydrogen) atoms. The van der Waals surface area contributed by atoms with Gasteiger partial charge in [-0.05, 0) is 80.1 Å². The number of benzene rings is 2. The van der Waals surface area contributed by atoms with Crippen LogP contribution in [0, 0.1) is 19.8 Å². The summed E-state index contributed by atoms with van der Waals surface area (Å²) in [5, 5.41) is 2.81. The number of piperidine rings is 1. The van der Waals surface area contributed by atoms with E-state index in [0.717, 1.165) is 42.0 Å². The summed E-state index contributed by atoms with van der Waals surface area (Å²) >= 11 is 6.24. The van der Waals surface area contributed by atoms with Crippen LogP contribution in [-0.2, 0) is 9.59 Å². The molecule has 3 amide bonds. The Bertz CT molecular complexity index is 1100. The molecule has 1 saturated heterocycles. The van der Waals surface area contributed by atoms with E-state index in [9.17, 15) is 14.4 Å². The minimum Gasteiger partial charge on any atom is -0.350 e. The van der Waals surface area contributed by atoms with Gasteiger partial charge in [0, 0.05) is 24.3 Å². The van der Waals surface area contributed by atoms with Crippen LogP contribution in [0.5, 0.6) is 0 Å². The zero-order valence-electron chi connectivity index (χ0n) is 18.4. The van der Waals surface area contributed by atoms with E-state index < -0.39 is 11.8 Å². The number of rotatable bonds is 4. The molecule has 0 spiro atoms. The number of nitrogens with zero attached hydrogens (tertiary/aromatic N) is 2. The summed E-state index contributed by atoms with van der Waals surface area (Å²) in [6.07, 6.45) is 2.17. The van der Waals surface area contributed by atoms with Gasteiger partial charge >= 0.3 is 0 Å². The first-order valence-corrected chi connectivity index (χ1v) is 11.2. The first-order valence-electron chi connectivity index (χ1n) is 10.8. The van der Waals surface area contributed by atoms with E-state index in [-0.39, 0.29) is 16.6 Å². The van der Waals surface area contributed by atoms with Gasteiger partial charge < -0.3 is 10.2 Å². The van der Waals surface area contributed by atoms with E-state index in [0.29, 0.717) is 22.9 Å². The fraction of sp³-hybridized carbons (Fsp3) is 0.320. The monoisotopic (exact) mass is 451 g/mol. The van der Waals surface area contributed by atoms with E-state index >= 15 is 0 Å². The van der Waals surface area contributed by atoms with Crippen molar-refractivity contribution in [2.24, 2.45) is 5.92 Å².